The van der Waals surface area contributed by atoms with Crippen LogP contribution in [0.1, 0.15) is 94.7 Å². The predicted molar refractivity (Wildman–Crippen MR) is 353 cm³/mol. The van der Waals surface area contributed by atoms with Crippen molar-refractivity contribution >= 4 is 97.2 Å². The molecule has 1 aromatic heterocycles. The third-order valence-electron chi connectivity index (χ3n) is 18.9. The number of anilines is 6. The van der Waals surface area contributed by atoms with Crippen molar-refractivity contribution in [1.29, 1.82) is 0 Å². The smallest absolute Gasteiger partial charge is 0.297 e. The van der Waals surface area contributed by atoms with Gasteiger partial charge in [0.2, 0.25) is 0 Å². The Bertz CT molecular complexity index is 4150. The summed E-state index contributed by atoms with van der Waals surface area (Å²) in [5.74, 6) is 0. The zero-order valence-corrected chi connectivity index (χ0v) is 50.2. The molecule has 82 heavy (non-hydrogen) atoms. The molecular formula is C77H71BN2OSi. The van der Waals surface area contributed by atoms with Gasteiger partial charge in [-0.25, -0.2) is 0 Å². The number of nitrogens with zero attached hydrogens (tertiary/aromatic N) is 2. The highest BCUT2D eigenvalue weighted by Gasteiger charge is 2.49. The zero-order valence-electron chi connectivity index (χ0n) is 49.2. The van der Waals surface area contributed by atoms with Crippen LogP contribution in [-0.2, 0) is 16.2 Å². The molecule has 3 heterocycles. The van der Waals surface area contributed by atoms with E-state index in [0.717, 1.165) is 35.5 Å². The maximum absolute atomic E-state index is 7.60. The van der Waals surface area contributed by atoms with Crippen molar-refractivity contribution in [1.82, 2.24) is 0 Å². The van der Waals surface area contributed by atoms with Crippen molar-refractivity contribution in [3.8, 4) is 22.3 Å². The average molecular weight is 1080 g/mol. The summed E-state index contributed by atoms with van der Waals surface area (Å²) >= 11 is 0. The maximum Gasteiger partial charge on any atom is 0.297 e. The summed E-state index contributed by atoms with van der Waals surface area (Å²) in [6, 6.07) is 85.3. The molecule has 402 valence electrons. The fraction of sp³-hybridized carbons (Fsp3) is 0.195. The second-order valence-corrected chi connectivity index (χ2v) is 29.9. The molecule has 0 bridgehead atoms. The van der Waals surface area contributed by atoms with E-state index in [1.807, 2.05) is 0 Å². The number of furan rings is 1. The lowest BCUT2D eigenvalue weighted by atomic mass is 9.35. The Labute approximate surface area is 487 Å². The van der Waals surface area contributed by atoms with Crippen LogP contribution in [0, 0.1) is 20.8 Å². The van der Waals surface area contributed by atoms with Gasteiger partial charge in [-0.2, -0.15) is 0 Å². The Kier molecular flexibility index (Phi) is 12.1. The standard InChI is InChI=1S/C77H71BN2OSi/c1-50-43-68-71-69(44-50)80(72-51(2)45-56(46-52(72)3)54-31-38-62(39-32-54)82(59-25-17-12-18-26-59,60-27-19-13-20-28-60)61-29-21-14-22-30-61)67-47-55(53-23-15-11-16-24-53)33-40-66(67)78(71)74-73(79(68)58-36-34-57(35-37-58)75(4,5)6)63-48-64-65(49-70(63)81-74)77(9,10)42-41-76(64,7)8/h11-40,43-49H,41-42H2,1-10H3. The highest BCUT2D eigenvalue weighted by Crippen LogP contribution is 2.52. The minimum atomic E-state index is -2.69. The van der Waals surface area contributed by atoms with Crippen LogP contribution < -0.4 is 47.1 Å². The molecule has 0 amide bonds. The molecular weight excluding hydrogens is 1010 g/mol. The second-order valence-electron chi connectivity index (χ2n) is 26.1. The molecule has 11 aromatic rings. The van der Waals surface area contributed by atoms with Gasteiger partial charge in [0.15, 0.2) is 8.07 Å². The molecule has 0 fully saturated rings. The number of aryl methyl sites for hydroxylation is 3. The quantitative estimate of drug-likeness (QED) is 0.112. The monoisotopic (exact) mass is 1080 g/mol. The van der Waals surface area contributed by atoms with Crippen LogP contribution in [0.2, 0.25) is 0 Å². The van der Waals surface area contributed by atoms with Crippen molar-refractivity contribution in [3.63, 3.8) is 0 Å². The lowest BCUT2D eigenvalue weighted by Gasteiger charge is -2.44. The molecule has 0 unspecified atom stereocenters. The summed E-state index contributed by atoms with van der Waals surface area (Å²) in [6.45, 7) is 23.4. The molecule has 0 atom stereocenters. The largest absolute Gasteiger partial charge is 0.468 e. The molecule has 3 aliphatic rings. The van der Waals surface area contributed by atoms with E-state index in [1.54, 1.807) is 0 Å². The lowest BCUT2D eigenvalue weighted by Crippen LogP contribution is -2.74. The predicted octanol–water partition coefficient (Wildman–Crippen LogP) is 15.8. The number of benzene rings is 10. The molecule has 5 heteroatoms. The molecule has 10 aromatic carbocycles. The van der Waals surface area contributed by atoms with Crippen molar-refractivity contribution in [3.05, 3.63) is 258 Å². The van der Waals surface area contributed by atoms with Gasteiger partial charge in [0.05, 0.1) is 17.0 Å². The van der Waals surface area contributed by atoms with Gasteiger partial charge in [0.25, 0.3) is 6.71 Å². The third kappa shape index (κ3) is 8.13. The highest BCUT2D eigenvalue weighted by molar-refractivity contribution is 7.19. The van der Waals surface area contributed by atoms with Crippen LogP contribution in [0.5, 0.6) is 0 Å². The van der Waals surface area contributed by atoms with Crippen LogP contribution in [0.25, 0.3) is 33.2 Å². The Morgan fingerprint density at radius 2 is 0.939 bits per heavy atom. The Morgan fingerprint density at radius 3 is 1.49 bits per heavy atom. The summed E-state index contributed by atoms with van der Waals surface area (Å²) in [4.78, 5) is 5.17. The molecule has 14 rings (SSSR count). The van der Waals surface area contributed by atoms with E-state index >= 15 is 0 Å². The minimum Gasteiger partial charge on any atom is -0.468 e. The fourth-order valence-electron chi connectivity index (χ4n) is 14.6. The molecule has 2 aliphatic heterocycles. The number of hydrogen-bond acceptors (Lipinski definition) is 3. The molecule has 0 N–H and O–H groups in total. The Balaban J connectivity index is 0.973. The van der Waals surface area contributed by atoms with E-state index in [9.17, 15) is 0 Å². The van der Waals surface area contributed by atoms with Gasteiger partial charge in [-0.15, -0.1) is 0 Å². The molecule has 0 saturated carbocycles. The Morgan fingerprint density at radius 1 is 0.451 bits per heavy atom. The highest BCUT2D eigenvalue weighted by atomic mass is 28.3. The van der Waals surface area contributed by atoms with Crippen molar-refractivity contribution in [2.24, 2.45) is 0 Å². The van der Waals surface area contributed by atoms with Crippen molar-refractivity contribution < 1.29 is 4.42 Å². The topological polar surface area (TPSA) is 19.6 Å². The summed E-state index contributed by atoms with van der Waals surface area (Å²) in [5.41, 5.74) is 24.2. The summed E-state index contributed by atoms with van der Waals surface area (Å²) in [6.07, 6.45) is 2.28. The maximum atomic E-state index is 7.60. The van der Waals surface area contributed by atoms with E-state index in [0.29, 0.717) is 0 Å². The normalized spacial score (nSPS) is 15.0. The molecule has 0 saturated heterocycles. The minimum absolute atomic E-state index is 0.0110. The summed E-state index contributed by atoms with van der Waals surface area (Å²) < 4.78 is 7.60. The second kappa shape index (κ2) is 19.1. The molecule has 0 spiro atoms. The zero-order chi connectivity index (χ0) is 56.5. The van der Waals surface area contributed by atoms with Gasteiger partial charge >= 0.3 is 0 Å². The van der Waals surface area contributed by atoms with Gasteiger partial charge in [0, 0.05) is 28.1 Å². The van der Waals surface area contributed by atoms with Crippen LogP contribution in [0.4, 0.5) is 34.1 Å². The van der Waals surface area contributed by atoms with Crippen molar-refractivity contribution in [2.45, 2.75) is 98.3 Å². The first-order valence-electron chi connectivity index (χ1n) is 29.6. The first-order valence-corrected chi connectivity index (χ1v) is 31.6. The van der Waals surface area contributed by atoms with E-state index in [-0.39, 0.29) is 23.0 Å². The van der Waals surface area contributed by atoms with E-state index in [1.165, 1.54) is 115 Å². The van der Waals surface area contributed by atoms with E-state index in [4.69, 9.17) is 4.42 Å². The first-order chi connectivity index (χ1) is 39.5. The fourth-order valence-corrected chi connectivity index (χ4v) is 19.3. The van der Waals surface area contributed by atoms with Gasteiger partial charge in [-0.3, -0.25) is 0 Å². The first kappa shape index (κ1) is 51.7. The molecule has 3 nitrogen and oxygen atoms in total. The number of fused-ring (bicyclic) bond motifs is 7. The van der Waals surface area contributed by atoms with Gasteiger partial charge < -0.3 is 14.2 Å². The van der Waals surface area contributed by atoms with Gasteiger partial charge in [-0.1, -0.05) is 218 Å². The van der Waals surface area contributed by atoms with Crippen molar-refractivity contribution in [2.75, 3.05) is 9.80 Å². The number of hydrogen-bond donors (Lipinski definition) is 0. The van der Waals surface area contributed by atoms with E-state index in [2.05, 4.69) is 303 Å². The number of rotatable bonds is 8. The lowest BCUT2D eigenvalue weighted by molar-refractivity contribution is 0.332. The third-order valence-corrected chi connectivity index (χ3v) is 23.7. The summed E-state index contributed by atoms with van der Waals surface area (Å²) in [5, 5.41) is 6.67. The SMILES string of the molecule is Cc1cc2c3c(c1)N(c1ccc(C(C)(C)C)cc1)c1c(oc4cc5c(cc14)C(C)(C)CCC5(C)C)B3c1ccc(-c3ccccc3)cc1N2c1c(C)cc(-c2ccc([Si](c3ccccc3)(c3ccccc3)c3ccccc3)cc2)cc1C. The Hall–Kier alpha value is -8.38. The van der Waals surface area contributed by atoms with E-state index < -0.39 is 8.07 Å². The average Bonchev–Trinajstić information content (AvgIpc) is 3.71. The van der Waals surface area contributed by atoms with Crippen LogP contribution in [-0.4, -0.2) is 14.8 Å². The summed E-state index contributed by atoms with van der Waals surface area (Å²) in [7, 11) is -2.69. The van der Waals surface area contributed by atoms with Crippen LogP contribution >= 0.6 is 0 Å². The van der Waals surface area contributed by atoms with Crippen LogP contribution in [0.3, 0.4) is 0 Å². The van der Waals surface area contributed by atoms with Crippen LogP contribution in [0.15, 0.2) is 229 Å². The molecule has 1 aliphatic carbocycles. The van der Waals surface area contributed by atoms with Gasteiger partial charge in [-0.05, 0) is 192 Å². The molecule has 0 radical (unpaired) electrons. The van der Waals surface area contributed by atoms with Gasteiger partial charge in [0.1, 0.15) is 5.58 Å².